The largest absolute Gasteiger partial charge is 0.465 e. The Morgan fingerprint density at radius 3 is 2.12 bits per heavy atom. The number of ether oxygens (including phenoxy) is 1. The second kappa shape index (κ2) is 12.3. The van der Waals surface area contributed by atoms with Crippen molar-refractivity contribution in [2.45, 2.75) is 76.8 Å². The highest BCUT2D eigenvalue weighted by Gasteiger charge is 2.49. The van der Waals surface area contributed by atoms with Crippen LogP contribution in [0.15, 0.2) is 42.5 Å². The van der Waals surface area contributed by atoms with Crippen LogP contribution in [-0.2, 0) is 28.4 Å². The lowest BCUT2D eigenvalue weighted by atomic mass is 9.74. The van der Waals surface area contributed by atoms with E-state index < -0.39 is 35.4 Å². The zero-order valence-electron chi connectivity index (χ0n) is 23.9. The molecule has 5 nitrogen and oxygen atoms in total. The van der Waals surface area contributed by atoms with Gasteiger partial charge < -0.3 is 15.0 Å². The number of rotatable bonds is 7. The predicted octanol–water partition coefficient (Wildman–Crippen LogP) is 7.20. The van der Waals surface area contributed by atoms with Crippen molar-refractivity contribution in [3.63, 3.8) is 0 Å². The lowest BCUT2D eigenvalue weighted by Crippen LogP contribution is -2.45. The average molecular weight is 599 g/mol. The van der Waals surface area contributed by atoms with Crippen LogP contribution in [0, 0.1) is 11.3 Å². The lowest BCUT2D eigenvalue weighted by molar-refractivity contribution is -0.143. The third-order valence-electron chi connectivity index (χ3n) is 9.03. The van der Waals surface area contributed by atoms with E-state index in [1.165, 1.54) is 7.11 Å². The smallest absolute Gasteiger partial charge is 0.416 e. The second-order valence-corrected chi connectivity index (χ2v) is 11.7. The van der Waals surface area contributed by atoms with Gasteiger partial charge >= 0.3 is 18.3 Å². The van der Waals surface area contributed by atoms with E-state index in [-0.39, 0.29) is 41.4 Å². The molecule has 0 radical (unpaired) electrons. The van der Waals surface area contributed by atoms with Gasteiger partial charge in [-0.3, -0.25) is 4.79 Å². The van der Waals surface area contributed by atoms with Crippen LogP contribution in [0.2, 0.25) is 0 Å². The SMILES string of the molecule is COC(=O)c1ccccc1C1CCN(C2CCC(C(=O)NCc3cc(C(F)(F)F)cc(C(F)(F)F)c3)(C(C)C)C2)CC1. The summed E-state index contributed by atoms with van der Waals surface area (Å²) in [5.74, 6) is -0.603. The summed E-state index contributed by atoms with van der Waals surface area (Å²) < 4.78 is 84.6. The van der Waals surface area contributed by atoms with Crippen LogP contribution in [0.5, 0.6) is 0 Å². The fraction of sp³-hybridized carbons (Fsp3) is 0.548. The van der Waals surface area contributed by atoms with Crippen LogP contribution in [0.1, 0.15) is 84.5 Å². The van der Waals surface area contributed by atoms with Crippen molar-refractivity contribution in [2.24, 2.45) is 11.3 Å². The molecule has 2 aromatic rings. The van der Waals surface area contributed by atoms with E-state index in [4.69, 9.17) is 4.74 Å². The molecule has 4 rings (SSSR count). The summed E-state index contributed by atoms with van der Waals surface area (Å²) in [5, 5.41) is 2.66. The number of alkyl halides is 6. The number of esters is 1. The number of methoxy groups -OCH3 is 1. The summed E-state index contributed by atoms with van der Waals surface area (Å²) >= 11 is 0. The fourth-order valence-corrected chi connectivity index (χ4v) is 6.56. The van der Waals surface area contributed by atoms with E-state index in [1.54, 1.807) is 6.07 Å². The van der Waals surface area contributed by atoms with Gasteiger partial charge in [0.05, 0.1) is 29.2 Å². The maximum atomic E-state index is 13.5. The highest BCUT2D eigenvalue weighted by atomic mass is 19.4. The third kappa shape index (κ3) is 6.76. The Kier molecular flexibility index (Phi) is 9.30. The molecule has 2 aliphatic rings. The minimum atomic E-state index is -4.95. The topological polar surface area (TPSA) is 58.6 Å². The third-order valence-corrected chi connectivity index (χ3v) is 9.03. The number of nitrogens with one attached hydrogen (secondary N) is 1. The van der Waals surface area contributed by atoms with Crippen molar-refractivity contribution in [3.05, 3.63) is 70.3 Å². The zero-order chi connectivity index (χ0) is 30.9. The van der Waals surface area contributed by atoms with Gasteiger partial charge in [0.25, 0.3) is 0 Å². The number of carbonyl (C=O) groups excluding carboxylic acids is 2. The molecular weight excluding hydrogens is 562 g/mol. The Morgan fingerprint density at radius 1 is 0.976 bits per heavy atom. The van der Waals surface area contributed by atoms with E-state index in [1.807, 2.05) is 32.0 Å². The summed E-state index contributed by atoms with van der Waals surface area (Å²) in [7, 11) is 1.36. The minimum absolute atomic E-state index is 0.0831. The highest BCUT2D eigenvalue weighted by molar-refractivity contribution is 5.91. The van der Waals surface area contributed by atoms with E-state index in [9.17, 15) is 35.9 Å². The van der Waals surface area contributed by atoms with Gasteiger partial charge in [0.15, 0.2) is 0 Å². The molecule has 1 heterocycles. The molecule has 2 unspecified atom stereocenters. The van der Waals surface area contributed by atoms with E-state index in [0.717, 1.165) is 37.9 Å². The maximum Gasteiger partial charge on any atom is 0.416 e. The molecule has 1 amide bonds. The molecule has 1 saturated heterocycles. The molecule has 1 aliphatic heterocycles. The molecule has 230 valence electrons. The van der Waals surface area contributed by atoms with Gasteiger partial charge in [-0.05, 0) is 92.4 Å². The summed E-state index contributed by atoms with van der Waals surface area (Å²) in [6, 6.07) is 8.95. The quantitative estimate of drug-likeness (QED) is 0.271. The first-order chi connectivity index (χ1) is 19.7. The van der Waals surface area contributed by atoms with Crippen molar-refractivity contribution in [3.8, 4) is 0 Å². The first kappa shape index (κ1) is 31.8. The number of hydrogen-bond donors (Lipinski definition) is 1. The summed E-state index contributed by atoms with van der Waals surface area (Å²) in [6.07, 6.45) is -6.35. The Bertz CT molecular complexity index is 1250. The van der Waals surface area contributed by atoms with Gasteiger partial charge in [0, 0.05) is 12.6 Å². The Balaban J connectivity index is 1.42. The number of halogens is 6. The summed E-state index contributed by atoms with van der Waals surface area (Å²) in [4.78, 5) is 28.1. The fourth-order valence-electron chi connectivity index (χ4n) is 6.56. The van der Waals surface area contributed by atoms with Gasteiger partial charge in [-0.15, -0.1) is 0 Å². The standard InChI is InChI=1S/C31H36F6N2O3/c1-19(2)29(28(41)38-18-20-14-22(30(32,33)34)16-23(15-20)31(35,36)37)11-8-24(17-29)39-12-9-21(10-13-39)25-6-4-5-7-26(25)27(40)42-3/h4-7,14-16,19,21,24H,8-13,17-18H2,1-3H3,(H,38,41). The van der Waals surface area contributed by atoms with Crippen LogP contribution in [0.4, 0.5) is 26.3 Å². The number of amides is 1. The Labute approximate surface area is 241 Å². The van der Waals surface area contributed by atoms with Gasteiger partial charge in [0.1, 0.15) is 0 Å². The van der Waals surface area contributed by atoms with E-state index >= 15 is 0 Å². The first-order valence-electron chi connectivity index (χ1n) is 14.1. The van der Waals surface area contributed by atoms with Crippen molar-refractivity contribution < 1.29 is 40.7 Å². The van der Waals surface area contributed by atoms with Crippen molar-refractivity contribution in [2.75, 3.05) is 20.2 Å². The van der Waals surface area contributed by atoms with Gasteiger partial charge in [0.2, 0.25) is 5.91 Å². The second-order valence-electron chi connectivity index (χ2n) is 11.7. The molecule has 1 saturated carbocycles. The molecule has 42 heavy (non-hydrogen) atoms. The lowest BCUT2D eigenvalue weighted by Gasteiger charge is -2.38. The highest BCUT2D eigenvalue weighted by Crippen LogP contribution is 2.47. The number of likely N-dealkylation sites (tertiary alicyclic amines) is 1. The summed E-state index contributed by atoms with van der Waals surface area (Å²) in [6.45, 7) is 4.97. The van der Waals surface area contributed by atoms with Crippen molar-refractivity contribution in [1.29, 1.82) is 0 Å². The summed E-state index contributed by atoms with van der Waals surface area (Å²) in [5.41, 5.74) is -2.31. The zero-order valence-corrected chi connectivity index (χ0v) is 23.9. The molecule has 0 spiro atoms. The van der Waals surface area contributed by atoms with Crippen molar-refractivity contribution in [1.82, 2.24) is 10.2 Å². The van der Waals surface area contributed by atoms with E-state index in [0.29, 0.717) is 30.5 Å². The molecule has 0 bridgehead atoms. The molecule has 2 aromatic carbocycles. The number of carbonyl (C=O) groups is 2. The van der Waals surface area contributed by atoms with Gasteiger partial charge in [-0.2, -0.15) is 26.3 Å². The van der Waals surface area contributed by atoms with E-state index in [2.05, 4.69) is 10.2 Å². The Morgan fingerprint density at radius 2 is 1.57 bits per heavy atom. The average Bonchev–Trinajstić information content (AvgIpc) is 3.42. The molecule has 2 atom stereocenters. The van der Waals surface area contributed by atoms with Crippen LogP contribution >= 0.6 is 0 Å². The monoisotopic (exact) mass is 598 g/mol. The Hall–Kier alpha value is -3.08. The van der Waals surface area contributed by atoms with Gasteiger partial charge in [-0.1, -0.05) is 32.0 Å². The normalized spacial score (nSPS) is 22.4. The van der Waals surface area contributed by atoms with Crippen molar-refractivity contribution >= 4 is 11.9 Å². The van der Waals surface area contributed by atoms with Crippen LogP contribution < -0.4 is 5.32 Å². The number of hydrogen-bond acceptors (Lipinski definition) is 4. The molecule has 0 aromatic heterocycles. The van der Waals surface area contributed by atoms with Gasteiger partial charge in [-0.25, -0.2) is 4.79 Å². The molecular formula is C31H36F6N2O3. The number of benzene rings is 2. The molecule has 11 heteroatoms. The number of nitrogens with zero attached hydrogens (tertiary/aromatic N) is 1. The van der Waals surface area contributed by atoms with Crippen LogP contribution in [0.3, 0.4) is 0 Å². The maximum absolute atomic E-state index is 13.5. The first-order valence-corrected chi connectivity index (χ1v) is 14.1. The minimum Gasteiger partial charge on any atom is -0.465 e. The molecule has 2 fully saturated rings. The van der Waals surface area contributed by atoms with Crippen LogP contribution in [0.25, 0.3) is 0 Å². The molecule has 1 N–H and O–H groups in total. The molecule has 1 aliphatic carbocycles. The van der Waals surface area contributed by atoms with Crippen LogP contribution in [-0.4, -0.2) is 43.0 Å². The number of piperidine rings is 1. The predicted molar refractivity (Wildman–Crippen MR) is 145 cm³/mol.